The van der Waals surface area contributed by atoms with Crippen LogP contribution in [-0.2, 0) is 6.54 Å². The van der Waals surface area contributed by atoms with E-state index in [1.54, 1.807) is 6.07 Å². The molecule has 22 heavy (non-hydrogen) atoms. The molecule has 0 saturated carbocycles. The quantitative estimate of drug-likeness (QED) is 0.722. The first-order valence-corrected chi connectivity index (χ1v) is 7.48. The molecule has 1 aromatic carbocycles. The Labute approximate surface area is 133 Å². The van der Waals surface area contributed by atoms with E-state index in [1.165, 1.54) is 0 Å². The molecule has 0 bridgehead atoms. The molecule has 0 aliphatic rings. The van der Waals surface area contributed by atoms with Crippen LogP contribution in [-0.4, -0.2) is 19.5 Å². The highest BCUT2D eigenvalue weighted by Gasteiger charge is 2.16. The first kappa shape index (κ1) is 14.6. The van der Waals surface area contributed by atoms with Crippen LogP contribution in [0.4, 0.5) is 11.8 Å². The van der Waals surface area contributed by atoms with Crippen LogP contribution in [0.2, 0.25) is 5.15 Å². The zero-order valence-corrected chi connectivity index (χ0v) is 13.2. The highest BCUT2D eigenvalue weighted by atomic mass is 35.5. The summed E-state index contributed by atoms with van der Waals surface area (Å²) < 4.78 is 2.18. The molecule has 1 atom stereocenters. The Hall–Kier alpha value is -2.34. The second kappa shape index (κ2) is 5.81. The van der Waals surface area contributed by atoms with E-state index in [2.05, 4.69) is 32.8 Å². The average Bonchev–Trinajstić information content (AvgIpc) is 2.84. The first-order chi connectivity index (χ1) is 10.6. The van der Waals surface area contributed by atoms with E-state index < -0.39 is 0 Å². The second-order valence-corrected chi connectivity index (χ2v) is 5.39. The minimum absolute atomic E-state index is 0.0438. The van der Waals surface area contributed by atoms with E-state index in [0.717, 1.165) is 23.4 Å². The number of para-hydroxylation sites is 2. The number of nitrogens with one attached hydrogen (secondary N) is 1. The number of fused-ring (bicyclic) bond motifs is 1. The third kappa shape index (κ3) is 2.69. The Bertz CT molecular complexity index is 793. The number of halogens is 1. The summed E-state index contributed by atoms with van der Waals surface area (Å²) in [7, 11) is 0. The van der Waals surface area contributed by atoms with Crippen LogP contribution < -0.4 is 11.1 Å². The predicted octanol–water partition coefficient (Wildman–Crippen LogP) is 3.25. The number of hydrogen-bond acceptors (Lipinski definition) is 5. The van der Waals surface area contributed by atoms with Gasteiger partial charge in [0.15, 0.2) is 0 Å². The number of nitrogen functional groups attached to an aromatic ring is 1. The van der Waals surface area contributed by atoms with Gasteiger partial charge in [0.05, 0.1) is 17.1 Å². The van der Waals surface area contributed by atoms with Gasteiger partial charge in [-0.05, 0) is 26.0 Å². The smallest absolute Gasteiger partial charge is 0.223 e. The van der Waals surface area contributed by atoms with Crippen molar-refractivity contribution < 1.29 is 0 Å². The monoisotopic (exact) mass is 316 g/mol. The van der Waals surface area contributed by atoms with E-state index in [-0.39, 0.29) is 12.0 Å². The van der Waals surface area contributed by atoms with Gasteiger partial charge in [-0.2, -0.15) is 4.98 Å². The van der Waals surface area contributed by atoms with Gasteiger partial charge in [-0.3, -0.25) is 0 Å². The SMILES string of the molecule is CCn1c(C(C)Nc2cc(Cl)nc(N)n2)nc2ccccc21. The molecular formula is C15H17ClN6. The van der Waals surface area contributed by atoms with Crippen molar-refractivity contribution in [2.45, 2.75) is 26.4 Å². The van der Waals surface area contributed by atoms with Crippen molar-refractivity contribution in [3.63, 3.8) is 0 Å². The van der Waals surface area contributed by atoms with Gasteiger partial charge in [-0.1, -0.05) is 23.7 Å². The van der Waals surface area contributed by atoms with Gasteiger partial charge in [0.2, 0.25) is 5.95 Å². The van der Waals surface area contributed by atoms with Crippen molar-refractivity contribution in [2.75, 3.05) is 11.1 Å². The summed E-state index contributed by atoms with van der Waals surface area (Å²) in [5, 5.41) is 3.59. The summed E-state index contributed by atoms with van der Waals surface area (Å²) in [6.45, 7) is 4.97. The topological polar surface area (TPSA) is 81.7 Å². The zero-order chi connectivity index (χ0) is 15.7. The predicted molar refractivity (Wildman–Crippen MR) is 88.9 cm³/mol. The fourth-order valence-electron chi connectivity index (χ4n) is 2.55. The largest absolute Gasteiger partial charge is 0.368 e. The number of hydrogen-bond donors (Lipinski definition) is 2. The number of nitrogens with two attached hydrogens (primary N) is 1. The van der Waals surface area contributed by atoms with Gasteiger partial charge < -0.3 is 15.6 Å². The van der Waals surface area contributed by atoms with Crippen LogP contribution in [0.15, 0.2) is 30.3 Å². The molecule has 2 aromatic heterocycles. The van der Waals surface area contributed by atoms with Crippen molar-refractivity contribution in [1.29, 1.82) is 0 Å². The van der Waals surface area contributed by atoms with E-state index in [4.69, 9.17) is 22.3 Å². The molecule has 0 aliphatic heterocycles. The fraction of sp³-hybridized carbons (Fsp3) is 0.267. The molecule has 0 spiro atoms. The van der Waals surface area contributed by atoms with Crippen molar-refractivity contribution in [1.82, 2.24) is 19.5 Å². The van der Waals surface area contributed by atoms with Crippen LogP contribution in [0.3, 0.4) is 0 Å². The molecule has 3 aromatic rings. The molecule has 0 saturated heterocycles. The normalized spacial score (nSPS) is 12.5. The van der Waals surface area contributed by atoms with Gasteiger partial charge in [0.1, 0.15) is 16.8 Å². The highest BCUT2D eigenvalue weighted by molar-refractivity contribution is 6.29. The number of aryl methyl sites for hydroxylation is 1. The highest BCUT2D eigenvalue weighted by Crippen LogP contribution is 2.24. The van der Waals surface area contributed by atoms with E-state index in [0.29, 0.717) is 11.0 Å². The Morgan fingerprint density at radius 2 is 2.05 bits per heavy atom. The second-order valence-electron chi connectivity index (χ2n) is 5.00. The summed E-state index contributed by atoms with van der Waals surface area (Å²) in [6, 6.07) is 9.69. The Morgan fingerprint density at radius 3 is 2.77 bits per heavy atom. The molecule has 0 aliphatic carbocycles. The molecule has 7 heteroatoms. The molecular weight excluding hydrogens is 300 g/mol. The van der Waals surface area contributed by atoms with E-state index >= 15 is 0 Å². The minimum Gasteiger partial charge on any atom is -0.368 e. The van der Waals surface area contributed by atoms with Crippen molar-refractivity contribution >= 4 is 34.4 Å². The van der Waals surface area contributed by atoms with Crippen LogP contribution in [0.5, 0.6) is 0 Å². The van der Waals surface area contributed by atoms with Gasteiger partial charge in [0.25, 0.3) is 0 Å². The summed E-state index contributed by atoms with van der Waals surface area (Å²) in [6.07, 6.45) is 0. The summed E-state index contributed by atoms with van der Waals surface area (Å²) >= 11 is 5.91. The van der Waals surface area contributed by atoms with Crippen molar-refractivity contribution in [3.05, 3.63) is 41.3 Å². The van der Waals surface area contributed by atoms with Gasteiger partial charge in [-0.15, -0.1) is 0 Å². The molecule has 0 fully saturated rings. The van der Waals surface area contributed by atoms with Gasteiger partial charge >= 0.3 is 0 Å². The molecule has 0 amide bonds. The van der Waals surface area contributed by atoms with Gasteiger partial charge in [0, 0.05) is 12.6 Å². The molecule has 0 radical (unpaired) electrons. The Balaban J connectivity index is 1.96. The van der Waals surface area contributed by atoms with E-state index in [9.17, 15) is 0 Å². The number of anilines is 2. The van der Waals surface area contributed by atoms with Crippen LogP contribution in [0, 0.1) is 0 Å². The first-order valence-electron chi connectivity index (χ1n) is 7.10. The fourth-order valence-corrected chi connectivity index (χ4v) is 2.74. The Kier molecular flexibility index (Phi) is 3.85. The third-order valence-electron chi connectivity index (χ3n) is 3.46. The van der Waals surface area contributed by atoms with Crippen LogP contribution in [0.1, 0.15) is 25.7 Å². The third-order valence-corrected chi connectivity index (χ3v) is 3.66. The van der Waals surface area contributed by atoms with Crippen LogP contribution >= 0.6 is 11.6 Å². The van der Waals surface area contributed by atoms with Gasteiger partial charge in [-0.25, -0.2) is 9.97 Å². The van der Waals surface area contributed by atoms with Crippen LogP contribution in [0.25, 0.3) is 11.0 Å². The maximum Gasteiger partial charge on any atom is 0.223 e. The number of rotatable bonds is 4. The average molecular weight is 317 g/mol. The zero-order valence-electron chi connectivity index (χ0n) is 12.4. The molecule has 114 valence electrons. The number of benzene rings is 1. The molecule has 2 heterocycles. The molecule has 6 nitrogen and oxygen atoms in total. The maximum atomic E-state index is 5.91. The lowest BCUT2D eigenvalue weighted by Gasteiger charge is -2.16. The number of nitrogens with zero attached hydrogens (tertiary/aromatic N) is 4. The number of imidazole rings is 1. The lowest BCUT2D eigenvalue weighted by molar-refractivity contribution is 0.672. The van der Waals surface area contributed by atoms with E-state index in [1.807, 2.05) is 25.1 Å². The summed E-state index contributed by atoms with van der Waals surface area (Å²) in [4.78, 5) is 12.7. The van der Waals surface area contributed by atoms with Crippen molar-refractivity contribution in [2.24, 2.45) is 0 Å². The molecule has 3 rings (SSSR count). The molecule has 1 unspecified atom stereocenters. The Morgan fingerprint density at radius 1 is 1.27 bits per heavy atom. The molecule has 3 N–H and O–H groups in total. The maximum absolute atomic E-state index is 5.91. The minimum atomic E-state index is -0.0438. The summed E-state index contributed by atoms with van der Waals surface area (Å²) in [5.74, 6) is 1.67. The lowest BCUT2D eigenvalue weighted by atomic mass is 10.3. The number of aromatic nitrogens is 4. The van der Waals surface area contributed by atoms with Crippen molar-refractivity contribution in [3.8, 4) is 0 Å². The standard InChI is InChI=1S/C15H17ClN6/c1-3-22-11-7-5-4-6-10(11)19-14(22)9(2)18-13-8-12(16)20-15(17)21-13/h4-9H,3H2,1-2H3,(H3,17,18,20,21). The summed E-state index contributed by atoms with van der Waals surface area (Å²) in [5.41, 5.74) is 7.72. The lowest BCUT2D eigenvalue weighted by Crippen LogP contribution is -2.14.